The molecule has 1 aromatic heterocycles. The molecule has 5 nitrogen and oxygen atoms in total. The molecule has 6 heteroatoms. The quantitative estimate of drug-likeness (QED) is 0.810. The van der Waals surface area contributed by atoms with Crippen molar-refractivity contribution in [1.82, 2.24) is 10.3 Å². The normalized spacial score (nSPS) is 20.4. The highest BCUT2D eigenvalue weighted by Gasteiger charge is 2.39. The zero-order chi connectivity index (χ0) is 14.0. The maximum absolute atomic E-state index is 12.1. The van der Waals surface area contributed by atoms with Gasteiger partial charge in [0.15, 0.2) is 5.13 Å². The van der Waals surface area contributed by atoms with Crippen molar-refractivity contribution in [2.45, 2.75) is 18.4 Å². The number of carbonyl (C=O) groups is 1. The number of aliphatic hydroxyl groups is 1. The number of amides is 2. The fourth-order valence-electron chi connectivity index (χ4n) is 2.65. The number of hydrogen-bond donors (Lipinski definition) is 3. The minimum atomic E-state index is -0.696. The molecule has 0 bridgehead atoms. The van der Waals surface area contributed by atoms with Crippen LogP contribution in [0, 0.1) is 0 Å². The highest BCUT2D eigenvalue weighted by Crippen LogP contribution is 2.36. The van der Waals surface area contributed by atoms with Gasteiger partial charge in [-0.1, -0.05) is 24.3 Å². The van der Waals surface area contributed by atoms with E-state index in [0.717, 1.165) is 12.0 Å². The van der Waals surface area contributed by atoms with Crippen LogP contribution in [-0.4, -0.2) is 22.7 Å². The van der Waals surface area contributed by atoms with Crippen LogP contribution in [0.4, 0.5) is 9.93 Å². The maximum Gasteiger partial charge on any atom is 0.321 e. The Labute approximate surface area is 120 Å². The van der Waals surface area contributed by atoms with E-state index in [0.29, 0.717) is 11.6 Å². The number of carbonyl (C=O) groups excluding carboxylic acids is 1. The largest absolute Gasteiger partial charge is 0.394 e. The summed E-state index contributed by atoms with van der Waals surface area (Å²) in [6.07, 6.45) is 3.19. The standard InChI is InChI=1S/C14H15N3O2S/c18-9-14(6-5-10-3-1-2-4-11(10)14)17-12(19)16-13-15-7-8-20-13/h1-4,7-8,18H,5-6,9H2,(H2,15,16,17,19). The molecule has 3 N–H and O–H groups in total. The van der Waals surface area contributed by atoms with Gasteiger partial charge in [0.05, 0.1) is 12.1 Å². The molecule has 0 spiro atoms. The molecule has 1 aromatic carbocycles. The molecule has 1 unspecified atom stereocenters. The van der Waals surface area contributed by atoms with Crippen LogP contribution in [0.15, 0.2) is 35.8 Å². The van der Waals surface area contributed by atoms with E-state index in [4.69, 9.17) is 0 Å². The zero-order valence-electron chi connectivity index (χ0n) is 10.8. The number of aromatic nitrogens is 1. The first-order chi connectivity index (χ1) is 9.73. The van der Waals surface area contributed by atoms with Gasteiger partial charge in [-0.25, -0.2) is 9.78 Å². The molecule has 1 heterocycles. The summed E-state index contributed by atoms with van der Waals surface area (Å²) < 4.78 is 0. The van der Waals surface area contributed by atoms with Crippen LogP contribution in [-0.2, 0) is 12.0 Å². The Morgan fingerprint density at radius 2 is 2.30 bits per heavy atom. The fourth-order valence-corrected chi connectivity index (χ4v) is 3.18. The number of aryl methyl sites for hydroxylation is 1. The van der Waals surface area contributed by atoms with Crippen molar-refractivity contribution in [3.8, 4) is 0 Å². The first-order valence-electron chi connectivity index (χ1n) is 6.41. The Morgan fingerprint density at radius 1 is 1.45 bits per heavy atom. The Bertz CT molecular complexity index is 615. The van der Waals surface area contributed by atoms with Gasteiger partial charge in [-0.05, 0) is 24.0 Å². The summed E-state index contributed by atoms with van der Waals surface area (Å²) in [6, 6.07) is 7.55. The van der Waals surface area contributed by atoms with Crippen molar-refractivity contribution >= 4 is 22.5 Å². The van der Waals surface area contributed by atoms with Gasteiger partial charge >= 0.3 is 6.03 Å². The summed E-state index contributed by atoms with van der Waals surface area (Å²) in [6.45, 7) is -0.116. The van der Waals surface area contributed by atoms with Gasteiger partial charge in [-0.15, -0.1) is 11.3 Å². The molecular formula is C14H15N3O2S. The second kappa shape index (κ2) is 5.22. The number of nitrogens with one attached hydrogen (secondary N) is 2. The molecule has 1 aliphatic carbocycles. The molecule has 20 heavy (non-hydrogen) atoms. The highest BCUT2D eigenvalue weighted by molar-refractivity contribution is 7.13. The molecule has 0 aliphatic heterocycles. The molecule has 1 atom stereocenters. The van der Waals surface area contributed by atoms with Crippen LogP contribution in [0.3, 0.4) is 0 Å². The third-order valence-electron chi connectivity index (χ3n) is 3.63. The summed E-state index contributed by atoms with van der Waals surface area (Å²) in [5, 5.41) is 17.7. The molecule has 2 aromatic rings. The van der Waals surface area contributed by atoms with Gasteiger partial charge in [-0.3, -0.25) is 5.32 Å². The van der Waals surface area contributed by atoms with E-state index in [9.17, 15) is 9.90 Å². The van der Waals surface area contributed by atoms with Gasteiger partial charge in [-0.2, -0.15) is 0 Å². The summed E-state index contributed by atoms with van der Waals surface area (Å²) in [7, 11) is 0. The number of nitrogens with zero attached hydrogens (tertiary/aromatic N) is 1. The number of anilines is 1. The van der Waals surface area contributed by atoms with Crippen LogP contribution >= 0.6 is 11.3 Å². The summed E-state index contributed by atoms with van der Waals surface area (Å²) in [5.41, 5.74) is 1.48. The molecular weight excluding hydrogens is 274 g/mol. The molecule has 2 amide bonds. The van der Waals surface area contributed by atoms with Gasteiger partial charge < -0.3 is 10.4 Å². The highest BCUT2D eigenvalue weighted by atomic mass is 32.1. The first kappa shape index (κ1) is 13.1. The number of urea groups is 1. The lowest BCUT2D eigenvalue weighted by molar-refractivity contribution is 0.164. The van der Waals surface area contributed by atoms with Crippen molar-refractivity contribution < 1.29 is 9.90 Å². The lowest BCUT2D eigenvalue weighted by Crippen LogP contribution is -2.48. The van der Waals surface area contributed by atoms with Crippen molar-refractivity contribution in [1.29, 1.82) is 0 Å². The van der Waals surface area contributed by atoms with Crippen molar-refractivity contribution in [3.05, 3.63) is 47.0 Å². The number of aliphatic hydroxyl groups excluding tert-OH is 1. The second-order valence-electron chi connectivity index (χ2n) is 4.81. The lowest BCUT2D eigenvalue weighted by atomic mass is 9.93. The molecule has 104 valence electrons. The predicted molar refractivity (Wildman–Crippen MR) is 77.8 cm³/mol. The minimum absolute atomic E-state index is 0.116. The van der Waals surface area contributed by atoms with E-state index in [1.807, 2.05) is 24.3 Å². The molecule has 0 radical (unpaired) electrons. The van der Waals surface area contributed by atoms with E-state index in [-0.39, 0.29) is 12.6 Å². The van der Waals surface area contributed by atoms with Crippen LogP contribution in [0.5, 0.6) is 0 Å². The summed E-state index contributed by atoms with van der Waals surface area (Å²) in [4.78, 5) is 16.1. The van der Waals surface area contributed by atoms with Crippen molar-refractivity contribution in [3.63, 3.8) is 0 Å². The van der Waals surface area contributed by atoms with Crippen LogP contribution in [0.2, 0.25) is 0 Å². The van der Waals surface area contributed by atoms with Gasteiger partial charge in [0, 0.05) is 11.6 Å². The second-order valence-corrected chi connectivity index (χ2v) is 5.71. The topological polar surface area (TPSA) is 74.2 Å². The number of fused-ring (bicyclic) bond motifs is 1. The third-order valence-corrected chi connectivity index (χ3v) is 4.32. The first-order valence-corrected chi connectivity index (χ1v) is 7.29. The summed E-state index contributed by atoms with van der Waals surface area (Å²) >= 11 is 1.36. The van der Waals surface area contributed by atoms with E-state index in [1.165, 1.54) is 16.9 Å². The Balaban J connectivity index is 1.79. The SMILES string of the molecule is O=C(Nc1nccs1)NC1(CO)CCc2ccccc21. The monoisotopic (exact) mass is 289 g/mol. The van der Waals surface area contributed by atoms with Crippen LogP contribution < -0.4 is 10.6 Å². The van der Waals surface area contributed by atoms with Crippen molar-refractivity contribution in [2.24, 2.45) is 0 Å². The van der Waals surface area contributed by atoms with Gasteiger partial charge in [0.2, 0.25) is 0 Å². The molecule has 0 saturated heterocycles. The lowest BCUT2D eigenvalue weighted by Gasteiger charge is -2.29. The average Bonchev–Trinajstić information content (AvgIpc) is 3.08. The molecule has 3 rings (SSSR count). The number of hydrogen-bond acceptors (Lipinski definition) is 4. The zero-order valence-corrected chi connectivity index (χ0v) is 11.6. The Kier molecular flexibility index (Phi) is 3.42. The predicted octanol–water partition coefficient (Wildman–Crippen LogP) is 2.10. The fraction of sp³-hybridized carbons (Fsp3) is 0.286. The van der Waals surface area contributed by atoms with Gasteiger partial charge in [0.25, 0.3) is 0 Å². The summed E-state index contributed by atoms with van der Waals surface area (Å²) in [5.74, 6) is 0. The molecule has 0 saturated carbocycles. The Hall–Kier alpha value is -1.92. The minimum Gasteiger partial charge on any atom is -0.394 e. The van der Waals surface area contributed by atoms with E-state index in [1.54, 1.807) is 11.6 Å². The third kappa shape index (κ3) is 2.28. The van der Waals surface area contributed by atoms with E-state index in [2.05, 4.69) is 15.6 Å². The number of thiazole rings is 1. The van der Waals surface area contributed by atoms with Crippen molar-refractivity contribution in [2.75, 3.05) is 11.9 Å². The Morgan fingerprint density at radius 3 is 3.05 bits per heavy atom. The molecule has 0 fully saturated rings. The number of benzene rings is 1. The smallest absolute Gasteiger partial charge is 0.321 e. The van der Waals surface area contributed by atoms with E-state index < -0.39 is 5.54 Å². The van der Waals surface area contributed by atoms with Crippen LogP contribution in [0.25, 0.3) is 0 Å². The van der Waals surface area contributed by atoms with E-state index >= 15 is 0 Å². The number of rotatable bonds is 3. The average molecular weight is 289 g/mol. The van der Waals surface area contributed by atoms with Crippen LogP contribution in [0.1, 0.15) is 17.5 Å². The maximum atomic E-state index is 12.1. The van der Waals surface area contributed by atoms with Gasteiger partial charge in [0.1, 0.15) is 0 Å². The molecule has 1 aliphatic rings.